The van der Waals surface area contributed by atoms with Gasteiger partial charge in [-0.15, -0.1) is 0 Å². The van der Waals surface area contributed by atoms with Crippen molar-refractivity contribution in [3.63, 3.8) is 0 Å². The van der Waals surface area contributed by atoms with E-state index >= 15 is 0 Å². The third-order valence-electron chi connectivity index (χ3n) is 5.25. The molecule has 0 radical (unpaired) electrons. The summed E-state index contributed by atoms with van der Waals surface area (Å²) in [4.78, 5) is 0.280. The van der Waals surface area contributed by atoms with E-state index in [0.29, 0.717) is 18.7 Å². The molecule has 10 heteroatoms. The van der Waals surface area contributed by atoms with Crippen LogP contribution in [0.1, 0.15) is 24.0 Å². The Morgan fingerprint density at radius 1 is 1.00 bits per heavy atom. The van der Waals surface area contributed by atoms with Gasteiger partial charge in [-0.3, -0.25) is 0 Å². The van der Waals surface area contributed by atoms with Crippen LogP contribution in [0.5, 0.6) is 0 Å². The third-order valence-corrected chi connectivity index (χ3v) is 7.15. The maximum Gasteiger partial charge on any atom is 0.427 e. The SMILES string of the molecule is O=S(=O)(CC1CC1)c1ccc(CCNc2ccc(C(O)(C(F)F)C(F)(F)F)cc2)cc1. The molecule has 1 aliphatic rings. The quantitative estimate of drug-likeness (QED) is 0.536. The second kappa shape index (κ2) is 8.74. The monoisotopic (exact) mass is 463 g/mol. The predicted molar refractivity (Wildman–Crippen MR) is 106 cm³/mol. The maximum absolute atomic E-state index is 12.9. The zero-order valence-corrected chi connectivity index (χ0v) is 17.2. The van der Waals surface area contributed by atoms with E-state index in [1.807, 2.05) is 0 Å². The summed E-state index contributed by atoms with van der Waals surface area (Å²) in [7, 11) is -3.28. The average Bonchev–Trinajstić information content (AvgIpc) is 3.50. The predicted octanol–water partition coefficient (Wildman–Crippen LogP) is 4.54. The van der Waals surface area contributed by atoms with Crippen LogP contribution in [0.25, 0.3) is 0 Å². The Labute approximate surface area is 177 Å². The molecule has 0 spiro atoms. The Kier molecular flexibility index (Phi) is 6.61. The number of aliphatic hydroxyl groups is 1. The summed E-state index contributed by atoms with van der Waals surface area (Å²) < 4.78 is 89.0. The van der Waals surface area contributed by atoms with E-state index in [9.17, 15) is 35.5 Å². The first-order chi connectivity index (χ1) is 14.4. The molecule has 2 aromatic carbocycles. The van der Waals surface area contributed by atoms with Gasteiger partial charge in [-0.25, -0.2) is 17.2 Å². The molecule has 0 amide bonds. The number of anilines is 1. The molecule has 1 saturated carbocycles. The zero-order valence-electron chi connectivity index (χ0n) is 16.4. The molecule has 4 nitrogen and oxygen atoms in total. The third kappa shape index (κ3) is 5.35. The molecule has 1 fully saturated rings. The van der Waals surface area contributed by atoms with Crippen LogP contribution < -0.4 is 5.32 Å². The molecule has 2 N–H and O–H groups in total. The fourth-order valence-corrected chi connectivity index (χ4v) is 4.86. The van der Waals surface area contributed by atoms with Crippen molar-refractivity contribution in [1.82, 2.24) is 0 Å². The number of hydrogen-bond donors (Lipinski definition) is 2. The molecule has 31 heavy (non-hydrogen) atoms. The first kappa shape index (κ1) is 23.5. The molecule has 1 atom stereocenters. The fourth-order valence-electron chi connectivity index (χ4n) is 3.16. The van der Waals surface area contributed by atoms with Gasteiger partial charge in [0, 0.05) is 12.2 Å². The van der Waals surface area contributed by atoms with E-state index in [0.717, 1.165) is 30.5 Å². The summed E-state index contributed by atoms with van der Waals surface area (Å²) in [6, 6.07) is 10.5. The van der Waals surface area contributed by atoms with Crippen molar-refractivity contribution >= 4 is 15.5 Å². The van der Waals surface area contributed by atoms with Crippen LogP contribution in [0.3, 0.4) is 0 Å². The molecule has 0 aliphatic heterocycles. The van der Waals surface area contributed by atoms with Crippen molar-refractivity contribution in [3.8, 4) is 0 Å². The Hall–Kier alpha value is -2.20. The lowest BCUT2D eigenvalue weighted by atomic mass is 9.93. The molecule has 0 heterocycles. The van der Waals surface area contributed by atoms with E-state index in [2.05, 4.69) is 5.32 Å². The summed E-state index contributed by atoms with van der Waals surface area (Å²) in [5.41, 5.74) is -3.92. The minimum atomic E-state index is -5.52. The van der Waals surface area contributed by atoms with Gasteiger partial charge in [-0.1, -0.05) is 24.3 Å². The standard InChI is InChI=1S/C21H22F5NO3S/c22-19(23)20(28,21(24,25)26)16-5-7-17(8-6-16)27-12-11-14-3-9-18(10-4-14)31(29,30)13-15-1-2-15/h3-10,15,19,27-28H,1-2,11-13H2. The molecule has 1 unspecified atom stereocenters. The molecule has 2 aromatic rings. The Morgan fingerprint density at radius 3 is 2.06 bits per heavy atom. The van der Waals surface area contributed by atoms with Gasteiger partial charge >= 0.3 is 6.18 Å². The van der Waals surface area contributed by atoms with E-state index in [4.69, 9.17) is 0 Å². The molecule has 0 saturated heterocycles. The van der Waals surface area contributed by atoms with E-state index in [1.54, 1.807) is 24.3 Å². The number of sulfone groups is 1. The maximum atomic E-state index is 12.9. The summed E-state index contributed by atoms with van der Waals surface area (Å²) in [6.45, 7) is 0.381. The van der Waals surface area contributed by atoms with Crippen LogP contribution >= 0.6 is 0 Å². The van der Waals surface area contributed by atoms with E-state index < -0.39 is 33.6 Å². The Balaban J connectivity index is 1.57. The molecule has 1 aliphatic carbocycles. The highest BCUT2D eigenvalue weighted by molar-refractivity contribution is 7.91. The lowest BCUT2D eigenvalue weighted by Gasteiger charge is -2.30. The van der Waals surface area contributed by atoms with Crippen molar-refractivity contribution in [2.45, 2.75) is 42.4 Å². The van der Waals surface area contributed by atoms with Gasteiger partial charge in [-0.2, -0.15) is 13.2 Å². The smallest absolute Gasteiger partial charge is 0.385 e. The Bertz CT molecular complexity index is 987. The lowest BCUT2D eigenvalue weighted by Crippen LogP contribution is -2.48. The molecule has 0 bridgehead atoms. The zero-order chi connectivity index (χ0) is 22.9. The second-order valence-corrected chi connectivity index (χ2v) is 9.72. The van der Waals surface area contributed by atoms with Gasteiger partial charge in [0.25, 0.3) is 6.43 Å². The minimum absolute atomic E-state index is 0.166. The van der Waals surface area contributed by atoms with Crippen molar-refractivity contribution in [3.05, 3.63) is 59.7 Å². The van der Waals surface area contributed by atoms with Gasteiger partial charge < -0.3 is 10.4 Å². The van der Waals surface area contributed by atoms with Crippen molar-refractivity contribution in [1.29, 1.82) is 0 Å². The second-order valence-electron chi connectivity index (χ2n) is 7.69. The van der Waals surface area contributed by atoms with Gasteiger partial charge in [0.15, 0.2) is 9.84 Å². The highest BCUT2D eigenvalue weighted by Crippen LogP contribution is 2.43. The van der Waals surface area contributed by atoms with Crippen LogP contribution in [-0.4, -0.2) is 38.4 Å². The van der Waals surface area contributed by atoms with Crippen LogP contribution in [0.4, 0.5) is 27.6 Å². The topological polar surface area (TPSA) is 66.4 Å². The highest BCUT2D eigenvalue weighted by Gasteiger charge is 2.61. The first-order valence-electron chi connectivity index (χ1n) is 9.67. The molecular formula is C21H22F5NO3S. The number of alkyl halides is 5. The van der Waals surface area contributed by atoms with Crippen molar-refractivity contribution < 1.29 is 35.5 Å². The number of halogens is 5. The fraction of sp³-hybridized carbons (Fsp3) is 0.429. The largest absolute Gasteiger partial charge is 0.427 e. The van der Waals surface area contributed by atoms with Crippen LogP contribution in [0.2, 0.25) is 0 Å². The normalized spacial score (nSPS) is 16.9. The molecular weight excluding hydrogens is 441 g/mol. The molecule has 170 valence electrons. The lowest BCUT2D eigenvalue weighted by molar-refractivity contribution is -0.305. The van der Waals surface area contributed by atoms with Gasteiger partial charge in [0.1, 0.15) is 0 Å². The number of rotatable bonds is 9. The summed E-state index contributed by atoms with van der Waals surface area (Å²) in [5, 5.41) is 12.5. The number of benzene rings is 2. The van der Waals surface area contributed by atoms with Crippen molar-refractivity contribution in [2.75, 3.05) is 17.6 Å². The summed E-state index contributed by atoms with van der Waals surface area (Å²) in [5.74, 6) is 0.423. The Morgan fingerprint density at radius 2 is 1.58 bits per heavy atom. The van der Waals surface area contributed by atoms with Crippen molar-refractivity contribution in [2.24, 2.45) is 5.92 Å². The average molecular weight is 463 g/mol. The van der Waals surface area contributed by atoms with Gasteiger partial charge in [-0.05, 0) is 60.6 Å². The van der Waals surface area contributed by atoms with Crippen LogP contribution in [-0.2, 0) is 21.9 Å². The van der Waals surface area contributed by atoms with E-state index in [-0.39, 0.29) is 16.6 Å². The summed E-state index contributed by atoms with van der Waals surface area (Å²) in [6.07, 6.45) is -7.14. The minimum Gasteiger partial charge on any atom is -0.385 e. The first-order valence-corrected chi connectivity index (χ1v) is 11.3. The number of nitrogens with one attached hydrogen (secondary N) is 1. The number of hydrogen-bond acceptors (Lipinski definition) is 4. The molecule has 0 aromatic heterocycles. The summed E-state index contributed by atoms with van der Waals surface area (Å²) >= 11 is 0. The molecule has 3 rings (SSSR count). The van der Waals surface area contributed by atoms with Crippen LogP contribution in [0, 0.1) is 5.92 Å². The van der Waals surface area contributed by atoms with Gasteiger partial charge in [0.2, 0.25) is 5.60 Å². The van der Waals surface area contributed by atoms with Crippen LogP contribution in [0.15, 0.2) is 53.4 Å². The van der Waals surface area contributed by atoms with E-state index in [1.165, 1.54) is 12.1 Å². The van der Waals surface area contributed by atoms with Gasteiger partial charge in [0.05, 0.1) is 10.6 Å². The highest BCUT2D eigenvalue weighted by atomic mass is 32.2.